The summed E-state index contributed by atoms with van der Waals surface area (Å²) >= 11 is 0. The molecule has 0 aromatic rings. The molecule has 0 saturated carbocycles. The maximum Gasteiger partial charge on any atom is 0.346 e. The fourth-order valence-electron chi connectivity index (χ4n) is 1.34. The normalized spacial score (nSPS) is 15.5. The van der Waals surface area contributed by atoms with Crippen molar-refractivity contribution in [3.63, 3.8) is 0 Å². The maximum absolute atomic E-state index is 11.0. The van der Waals surface area contributed by atoms with Gasteiger partial charge < -0.3 is 16.2 Å². The summed E-state index contributed by atoms with van der Waals surface area (Å²) in [7, 11) is 0. The number of carbonyl (C=O) groups is 1. The van der Waals surface area contributed by atoms with Crippen molar-refractivity contribution in [3.8, 4) is 0 Å². The molecule has 6 heteroatoms. The molecular formula is C10H20N4O2. The second kappa shape index (κ2) is 6.95. The number of nitrogens with zero attached hydrogens (tertiary/aromatic N) is 1. The minimum absolute atomic E-state index is 0.171. The van der Waals surface area contributed by atoms with Crippen LogP contribution in [0.2, 0.25) is 0 Å². The number of carboxylic acid groups (broad SMARTS) is 1. The molecule has 16 heavy (non-hydrogen) atoms. The minimum atomic E-state index is -1.61. The van der Waals surface area contributed by atoms with Gasteiger partial charge in [0.25, 0.3) is 0 Å². The Labute approximate surface area is 95.2 Å². The van der Waals surface area contributed by atoms with Crippen LogP contribution in [0.5, 0.6) is 0 Å². The van der Waals surface area contributed by atoms with Gasteiger partial charge in [0.2, 0.25) is 5.66 Å². The van der Waals surface area contributed by atoms with Gasteiger partial charge in [-0.1, -0.05) is 6.42 Å². The third-order valence-corrected chi connectivity index (χ3v) is 2.15. The van der Waals surface area contributed by atoms with Crippen LogP contribution in [0.15, 0.2) is 4.99 Å². The average molecular weight is 228 g/mol. The van der Waals surface area contributed by atoms with E-state index in [-0.39, 0.29) is 12.3 Å². The van der Waals surface area contributed by atoms with Crippen LogP contribution in [0.1, 0.15) is 39.0 Å². The van der Waals surface area contributed by atoms with Crippen LogP contribution >= 0.6 is 0 Å². The smallest absolute Gasteiger partial charge is 0.346 e. The molecule has 0 aromatic carbocycles. The molecule has 0 unspecified atom stereocenters. The summed E-state index contributed by atoms with van der Waals surface area (Å²) < 4.78 is 0. The molecule has 0 rings (SSSR count). The van der Waals surface area contributed by atoms with Gasteiger partial charge in [-0.15, -0.1) is 0 Å². The van der Waals surface area contributed by atoms with Gasteiger partial charge in [0, 0.05) is 0 Å². The number of amidine groups is 1. The van der Waals surface area contributed by atoms with Crippen molar-refractivity contribution in [2.45, 2.75) is 44.7 Å². The first-order chi connectivity index (χ1) is 7.42. The number of carboxylic acids is 1. The Morgan fingerprint density at radius 3 is 2.56 bits per heavy atom. The van der Waals surface area contributed by atoms with Gasteiger partial charge in [0.15, 0.2) is 0 Å². The summed E-state index contributed by atoms with van der Waals surface area (Å²) in [4.78, 5) is 14.7. The zero-order chi connectivity index (χ0) is 12.6. The number of hydrogen-bond acceptors (Lipinski definition) is 4. The predicted molar refractivity (Wildman–Crippen MR) is 63.7 cm³/mol. The number of nitrogens with two attached hydrogens (primary N) is 2. The highest BCUT2D eigenvalue weighted by Crippen LogP contribution is 2.15. The Morgan fingerprint density at radius 2 is 2.12 bits per heavy atom. The number of nitrogens with one attached hydrogen (secondary N) is 1. The molecule has 0 aliphatic rings. The van der Waals surface area contributed by atoms with Crippen LogP contribution in [0, 0.1) is 5.41 Å². The molecule has 0 aliphatic carbocycles. The lowest BCUT2D eigenvalue weighted by molar-refractivity contribution is -0.143. The number of aliphatic imine (C=N–C) groups is 1. The lowest BCUT2D eigenvalue weighted by Gasteiger charge is -2.20. The van der Waals surface area contributed by atoms with E-state index in [2.05, 4.69) is 4.99 Å². The minimum Gasteiger partial charge on any atom is -0.478 e. The van der Waals surface area contributed by atoms with E-state index in [0.29, 0.717) is 12.8 Å². The molecule has 1 atom stereocenters. The second-order valence-electron chi connectivity index (χ2n) is 3.79. The van der Waals surface area contributed by atoms with Crippen LogP contribution in [-0.4, -0.2) is 28.8 Å². The summed E-state index contributed by atoms with van der Waals surface area (Å²) in [6, 6.07) is 0. The second-order valence-corrected chi connectivity index (χ2v) is 3.79. The first kappa shape index (κ1) is 14.6. The first-order valence-corrected chi connectivity index (χ1v) is 5.25. The average Bonchev–Trinajstić information content (AvgIpc) is 2.16. The van der Waals surface area contributed by atoms with Crippen LogP contribution in [0.4, 0.5) is 0 Å². The van der Waals surface area contributed by atoms with E-state index in [0.717, 1.165) is 12.8 Å². The highest BCUT2D eigenvalue weighted by molar-refractivity contribution is 5.85. The van der Waals surface area contributed by atoms with E-state index in [4.69, 9.17) is 22.0 Å². The van der Waals surface area contributed by atoms with E-state index in [1.807, 2.05) is 0 Å². The van der Waals surface area contributed by atoms with Gasteiger partial charge >= 0.3 is 5.97 Å². The van der Waals surface area contributed by atoms with Gasteiger partial charge in [-0.25, -0.2) is 9.79 Å². The van der Waals surface area contributed by atoms with E-state index in [1.54, 1.807) is 0 Å². The molecule has 92 valence electrons. The SMILES string of the molecule is C/C(N)=N/[C@@](N)(CCCCCC=N)C(=O)O. The monoisotopic (exact) mass is 228 g/mol. The summed E-state index contributed by atoms with van der Waals surface area (Å²) in [5.41, 5.74) is 9.38. The van der Waals surface area contributed by atoms with E-state index < -0.39 is 11.6 Å². The van der Waals surface area contributed by atoms with E-state index in [1.165, 1.54) is 13.1 Å². The quantitative estimate of drug-likeness (QED) is 0.277. The van der Waals surface area contributed by atoms with Crippen LogP contribution in [0.25, 0.3) is 0 Å². The zero-order valence-corrected chi connectivity index (χ0v) is 9.57. The number of hydrogen-bond donors (Lipinski definition) is 4. The standard InChI is InChI=1S/C10H20N4O2/c1-8(12)14-10(13,9(15)16)6-4-2-3-5-7-11/h7,11H,2-6,13H2,1H3,(H2,12,14)(H,15,16)/t10-/m0/s1. The van der Waals surface area contributed by atoms with Crippen LogP contribution in [-0.2, 0) is 4.79 Å². The van der Waals surface area contributed by atoms with Gasteiger partial charge in [0.05, 0.1) is 5.84 Å². The van der Waals surface area contributed by atoms with E-state index in [9.17, 15) is 4.79 Å². The Kier molecular flexibility index (Phi) is 6.32. The van der Waals surface area contributed by atoms with Crippen molar-refractivity contribution in [3.05, 3.63) is 0 Å². The summed E-state index contributed by atoms with van der Waals surface area (Å²) in [5, 5.41) is 15.8. The number of rotatable bonds is 8. The van der Waals surface area contributed by atoms with Gasteiger partial charge in [-0.3, -0.25) is 5.73 Å². The van der Waals surface area contributed by atoms with Crippen molar-refractivity contribution in [2.75, 3.05) is 0 Å². The molecule has 0 fully saturated rings. The van der Waals surface area contributed by atoms with Gasteiger partial charge in [0.1, 0.15) is 0 Å². The van der Waals surface area contributed by atoms with Crippen molar-refractivity contribution < 1.29 is 9.90 Å². The Morgan fingerprint density at radius 1 is 1.50 bits per heavy atom. The molecule has 6 N–H and O–H groups in total. The first-order valence-electron chi connectivity index (χ1n) is 5.25. The number of unbranched alkanes of at least 4 members (excludes halogenated alkanes) is 3. The molecule has 0 amide bonds. The molecule has 0 aromatic heterocycles. The Bertz CT molecular complexity index is 274. The summed E-state index contributed by atoms with van der Waals surface area (Å²) in [5.74, 6) is -0.992. The third-order valence-electron chi connectivity index (χ3n) is 2.15. The topological polar surface area (TPSA) is 126 Å². The fraction of sp³-hybridized carbons (Fsp3) is 0.700. The third kappa shape index (κ3) is 5.45. The summed E-state index contributed by atoms with van der Waals surface area (Å²) in [6.07, 6.45) is 4.67. The van der Waals surface area contributed by atoms with Gasteiger partial charge in [-0.2, -0.15) is 0 Å². The van der Waals surface area contributed by atoms with Crippen molar-refractivity contribution in [1.82, 2.24) is 0 Å². The Balaban J connectivity index is 4.19. The molecule has 0 bridgehead atoms. The highest BCUT2D eigenvalue weighted by atomic mass is 16.4. The molecule has 0 radical (unpaired) electrons. The largest absolute Gasteiger partial charge is 0.478 e. The zero-order valence-electron chi connectivity index (χ0n) is 9.57. The molecule has 6 nitrogen and oxygen atoms in total. The van der Waals surface area contributed by atoms with E-state index >= 15 is 0 Å². The summed E-state index contributed by atoms with van der Waals surface area (Å²) in [6.45, 7) is 1.51. The highest BCUT2D eigenvalue weighted by Gasteiger charge is 2.32. The number of aliphatic carboxylic acids is 1. The van der Waals surface area contributed by atoms with Crippen LogP contribution in [0.3, 0.4) is 0 Å². The predicted octanol–water partition coefficient (Wildman–Crippen LogP) is 0.703. The van der Waals surface area contributed by atoms with Crippen molar-refractivity contribution >= 4 is 18.0 Å². The van der Waals surface area contributed by atoms with Crippen LogP contribution < -0.4 is 11.5 Å². The molecule has 0 heterocycles. The molecule has 0 aliphatic heterocycles. The Hall–Kier alpha value is -1.43. The van der Waals surface area contributed by atoms with Crippen molar-refractivity contribution in [2.24, 2.45) is 16.5 Å². The van der Waals surface area contributed by atoms with Crippen molar-refractivity contribution in [1.29, 1.82) is 5.41 Å². The fourth-order valence-corrected chi connectivity index (χ4v) is 1.34. The lowest BCUT2D eigenvalue weighted by Crippen LogP contribution is -2.47. The lowest BCUT2D eigenvalue weighted by atomic mass is 10.0. The molecular weight excluding hydrogens is 208 g/mol. The van der Waals surface area contributed by atoms with Gasteiger partial charge in [-0.05, 0) is 38.8 Å². The molecule has 0 saturated heterocycles. The maximum atomic E-state index is 11.0. The molecule has 0 spiro atoms.